The van der Waals surface area contributed by atoms with E-state index in [2.05, 4.69) is 46.4 Å². The van der Waals surface area contributed by atoms with Crippen LogP contribution in [0.5, 0.6) is 0 Å². The monoisotopic (exact) mass is 271 g/mol. The van der Waals surface area contributed by atoms with Gasteiger partial charge in [0.15, 0.2) is 0 Å². The first-order chi connectivity index (χ1) is 9.72. The maximum atomic E-state index is 4.38. The predicted octanol–water partition coefficient (Wildman–Crippen LogP) is 3.04. The number of nitrogens with zero attached hydrogens (tertiary/aromatic N) is 3. The summed E-state index contributed by atoms with van der Waals surface area (Å²) in [6, 6.07) is 3.99. The van der Waals surface area contributed by atoms with Gasteiger partial charge >= 0.3 is 0 Å². The quantitative estimate of drug-likeness (QED) is 0.845. The first kappa shape index (κ1) is 14.2. The second kappa shape index (κ2) is 6.84. The minimum Gasteiger partial charge on any atom is -0.370 e. The van der Waals surface area contributed by atoms with Crippen molar-refractivity contribution in [2.75, 3.05) is 17.2 Å². The summed E-state index contributed by atoms with van der Waals surface area (Å²) in [5.74, 6) is 2.16. The molecule has 0 aliphatic carbocycles. The van der Waals surface area contributed by atoms with Crippen molar-refractivity contribution in [2.24, 2.45) is 0 Å². The summed E-state index contributed by atoms with van der Waals surface area (Å²) < 4.78 is 0. The highest BCUT2D eigenvalue weighted by atomic mass is 15.1. The van der Waals surface area contributed by atoms with Crippen LogP contribution >= 0.6 is 0 Å². The summed E-state index contributed by atoms with van der Waals surface area (Å²) in [7, 11) is 0. The van der Waals surface area contributed by atoms with E-state index in [0.29, 0.717) is 5.92 Å². The molecule has 0 saturated carbocycles. The van der Waals surface area contributed by atoms with Gasteiger partial charge in [-0.1, -0.05) is 13.8 Å². The van der Waals surface area contributed by atoms with Gasteiger partial charge in [-0.2, -0.15) is 0 Å². The van der Waals surface area contributed by atoms with Gasteiger partial charge in [-0.05, 0) is 30.5 Å². The molecule has 2 aromatic rings. The van der Waals surface area contributed by atoms with Crippen LogP contribution in [0.25, 0.3) is 0 Å². The largest absolute Gasteiger partial charge is 0.370 e. The van der Waals surface area contributed by atoms with E-state index in [1.807, 2.05) is 12.1 Å². The molecule has 5 heteroatoms. The normalized spacial score (nSPS) is 10.6. The van der Waals surface area contributed by atoms with Crippen molar-refractivity contribution in [1.82, 2.24) is 15.0 Å². The Labute approximate surface area is 119 Å². The Kier molecular flexibility index (Phi) is 4.87. The Balaban J connectivity index is 2.20. The third kappa shape index (κ3) is 3.44. The second-order valence-electron chi connectivity index (χ2n) is 4.88. The number of rotatable bonds is 6. The van der Waals surface area contributed by atoms with Crippen molar-refractivity contribution in [2.45, 2.75) is 33.2 Å². The highest BCUT2D eigenvalue weighted by molar-refractivity contribution is 5.59. The van der Waals surface area contributed by atoms with Crippen molar-refractivity contribution in [3.05, 3.63) is 42.0 Å². The molecule has 0 atom stereocenters. The molecule has 2 aromatic heterocycles. The number of hydrogen-bond acceptors (Lipinski definition) is 5. The van der Waals surface area contributed by atoms with Crippen molar-refractivity contribution in [3.63, 3.8) is 0 Å². The van der Waals surface area contributed by atoms with E-state index in [1.165, 1.54) is 5.56 Å². The van der Waals surface area contributed by atoms with Gasteiger partial charge in [0.05, 0.1) is 0 Å². The molecule has 2 N–H and O–H groups in total. The van der Waals surface area contributed by atoms with Crippen molar-refractivity contribution in [1.29, 1.82) is 0 Å². The maximum Gasteiger partial charge on any atom is 0.135 e. The van der Waals surface area contributed by atoms with Crippen LogP contribution in [0.3, 0.4) is 0 Å². The summed E-state index contributed by atoms with van der Waals surface area (Å²) in [4.78, 5) is 12.7. The summed E-state index contributed by atoms with van der Waals surface area (Å²) >= 11 is 0. The second-order valence-corrected chi connectivity index (χ2v) is 4.88. The van der Waals surface area contributed by atoms with Crippen LogP contribution in [0, 0.1) is 0 Å². The molecule has 0 aliphatic heterocycles. The van der Waals surface area contributed by atoms with Gasteiger partial charge in [0, 0.05) is 31.0 Å². The SMILES string of the molecule is CCNc1ncnc(NCc2ccncc2)c1C(C)C. The van der Waals surface area contributed by atoms with Crippen LogP contribution in [-0.4, -0.2) is 21.5 Å². The molecule has 0 radical (unpaired) electrons. The average molecular weight is 271 g/mol. The molecule has 0 spiro atoms. The van der Waals surface area contributed by atoms with Gasteiger partial charge in [0.2, 0.25) is 0 Å². The Bertz CT molecular complexity index is 539. The van der Waals surface area contributed by atoms with Gasteiger partial charge < -0.3 is 10.6 Å². The highest BCUT2D eigenvalue weighted by Gasteiger charge is 2.14. The zero-order chi connectivity index (χ0) is 14.4. The van der Waals surface area contributed by atoms with Crippen LogP contribution in [-0.2, 0) is 6.54 Å². The van der Waals surface area contributed by atoms with E-state index in [4.69, 9.17) is 0 Å². The van der Waals surface area contributed by atoms with E-state index < -0.39 is 0 Å². The molecule has 0 aromatic carbocycles. The van der Waals surface area contributed by atoms with Crippen molar-refractivity contribution in [3.8, 4) is 0 Å². The average Bonchev–Trinajstić information content (AvgIpc) is 2.46. The van der Waals surface area contributed by atoms with Crippen molar-refractivity contribution < 1.29 is 0 Å². The molecular formula is C15H21N5. The van der Waals surface area contributed by atoms with Gasteiger partial charge in [-0.15, -0.1) is 0 Å². The van der Waals surface area contributed by atoms with Gasteiger partial charge in [-0.25, -0.2) is 9.97 Å². The van der Waals surface area contributed by atoms with Crippen LogP contribution < -0.4 is 10.6 Å². The lowest BCUT2D eigenvalue weighted by Gasteiger charge is -2.17. The third-order valence-electron chi connectivity index (χ3n) is 3.01. The molecule has 106 valence electrons. The fourth-order valence-electron chi connectivity index (χ4n) is 2.08. The summed E-state index contributed by atoms with van der Waals surface area (Å²) in [6.45, 7) is 7.94. The lowest BCUT2D eigenvalue weighted by Crippen LogP contribution is -2.11. The van der Waals surface area contributed by atoms with Gasteiger partial charge in [0.1, 0.15) is 18.0 Å². The Morgan fingerprint density at radius 2 is 1.70 bits per heavy atom. The minimum absolute atomic E-state index is 0.352. The van der Waals surface area contributed by atoms with E-state index in [0.717, 1.165) is 30.3 Å². The molecule has 0 aliphatic rings. The first-order valence-electron chi connectivity index (χ1n) is 6.94. The molecule has 0 saturated heterocycles. The predicted molar refractivity (Wildman–Crippen MR) is 81.8 cm³/mol. The van der Waals surface area contributed by atoms with Gasteiger partial charge in [-0.3, -0.25) is 4.98 Å². The fraction of sp³-hybridized carbons (Fsp3) is 0.400. The number of nitrogens with one attached hydrogen (secondary N) is 2. The summed E-state index contributed by atoms with van der Waals surface area (Å²) in [5, 5.41) is 6.69. The van der Waals surface area contributed by atoms with E-state index in [1.54, 1.807) is 18.7 Å². The number of pyridine rings is 1. The molecule has 0 unspecified atom stereocenters. The maximum absolute atomic E-state index is 4.38. The van der Waals surface area contributed by atoms with Crippen molar-refractivity contribution >= 4 is 11.6 Å². The number of hydrogen-bond donors (Lipinski definition) is 2. The smallest absolute Gasteiger partial charge is 0.135 e. The molecule has 2 rings (SSSR count). The van der Waals surface area contributed by atoms with E-state index >= 15 is 0 Å². The topological polar surface area (TPSA) is 62.7 Å². The van der Waals surface area contributed by atoms with Gasteiger partial charge in [0.25, 0.3) is 0 Å². The van der Waals surface area contributed by atoms with Crippen LogP contribution in [0.4, 0.5) is 11.6 Å². The van der Waals surface area contributed by atoms with E-state index in [9.17, 15) is 0 Å². The molecule has 0 bridgehead atoms. The molecule has 20 heavy (non-hydrogen) atoms. The molecule has 0 amide bonds. The lowest BCUT2D eigenvalue weighted by atomic mass is 10.0. The summed E-state index contributed by atoms with van der Waals surface area (Å²) in [5.41, 5.74) is 2.31. The van der Waals surface area contributed by atoms with Crippen LogP contribution in [0.1, 0.15) is 37.8 Å². The number of anilines is 2. The van der Waals surface area contributed by atoms with E-state index in [-0.39, 0.29) is 0 Å². The zero-order valence-electron chi connectivity index (χ0n) is 12.2. The highest BCUT2D eigenvalue weighted by Crippen LogP contribution is 2.28. The van der Waals surface area contributed by atoms with Crippen LogP contribution in [0.15, 0.2) is 30.9 Å². The number of aromatic nitrogens is 3. The standard InChI is InChI=1S/C15H21N5/c1-4-17-14-13(11(2)3)15(20-10-19-14)18-9-12-5-7-16-8-6-12/h5-8,10-11H,4,9H2,1-3H3,(H2,17,18,19,20). The zero-order valence-corrected chi connectivity index (χ0v) is 12.2. The molecule has 5 nitrogen and oxygen atoms in total. The molecule has 2 heterocycles. The minimum atomic E-state index is 0.352. The Morgan fingerprint density at radius 1 is 1.05 bits per heavy atom. The third-order valence-corrected chi connectivity index (χ3v) is 3.01. The first-order valence-corrected chi connectivity index (χ1v) is 6.94. The molecular weight excluding hydrogens is 250 g/mol. The van der Waals surface area contributed by atoms with Crippen LogP contribution in [0.2, 0.25) is 0 Å². The Hall–Kier alpha value is -2.17. The molecule has 0 fully saturated rings. The Morgan fingerprint density at radius 3 is 2.30 bits per heavy atom. The fourth-order valence-corrected chi connectivity index (χ4v) is 2.08. The summed E-state index contributed by atoms with van der Waals surface area (Å²) in [6.07, 6.45) is 5.19. The lowest BCUT2D eigenvalue weighted by molar-refractivity contribution is 0.844.